The number of carbonyl (C=O) groups is 1. The number of carbonyl (C=O) groups excluding carboxylic acids is 1. The first-order valence-corrected chi connectivity index (χ1v) is 3.30. The molecule has 0 aliphatic heterocycles. The minimum Gasteiger partial charge on any atom is -0.288 e. The number of hydrogen-bond donors (Lipinski definition) is 0. The lowest BCUT2D eigenvalue weighted by Gasteiger charge is -1.94. The van der Waals surface area contributed by atoms with E-state index in [1.807, 2.05) is 0 Å². The lowest BCUT2D eigenvalue weighted by Crippen LogP contribution is -2.09. The molecule has 0 saturated heterocycles. The highest BCUT2D eigenvalue weighted by molar-refractivity contribution is 6.49. The quantitative estimate of drug-likeness (QED) is 0.393. The monoisotopic (exact) mass is 165 g/mol. The van der Waals surface area contributed by atoms with Gasteiger partial charge < -0.3 is 0 Å². The molecule has 0 fully saturated rings. The fourth-order valence-electron chi connectivity index (χ4n) is 0.631. The van der Waals surface area contributed by atoms with Crippen molar-refractivity contribution in [3.05, 3.63) is 24.3 Å². The Hall–Kier alpha value is -1.33. The van der Waals surface area contributed by atoms with E-state index in [2.05, 4.69) is 16.4 Å². The average Bonchev–Trinajstić information content (AvgIpc) is 2.03. The largest absolute Gasteiger partial charge is 0.288 e. The molecular formula is C8H4ClNO. The number of aliphatic imine (C=N–C) groups is 1. The molecule has 1 aliphatic carbocycles. The van der Waals surface area contributed by atoms with E-state index in [1.54, 1.807) is 18.2 Å². The standard InChI is InChI=1S/C8H4ClNO/c9-5-6-10-7-3-1-2-4-8(7)11/h1-4H. The van der Waals surface area contributed by atoms with E-state index in [0.717, 1.165) is 0 Å². The predicted molar refractivity (Wildman–Crippen MR) is 44.4 cm³/mol. The zero-order chi connectivity index (χ0) is 8.10. The molecule has 1 aliphatic rings. The fourth-order valence-corrected chi connectivity index (χ4v) is 0.673. The van der Waals surface area contributed by atoms with Crippen LogP contribution in [0.2, 0.25) is 0 Å². The first-order chi connectivity index (χ1) is 5.34. The van der Waals surface area contributed by atoms with Crippen LogP contribution in [0.3, 0.4) is 0 Å². The summed E-state index contributed by atoms with van der Waals surface area (Å²) in [6.45, 7) is 0. The molecule has 0 radical (unpaired) electrons. The Kier molecular flexibility index (Phi) is 2.65. The highest BCUT2D eigenvalue weighted by Crippen LogP contribution is 1.94. The van der Waals surface area contributed by atoms with Crippen LogP contribution in [0.25, 0.3) is 0 Å². The highest BCUT2D eigenvalue weighted by atomic mass is 35.5. The van der Waals surface area contributed by atoms with Crippen LogP contribution in [0.5, 0.6) is 0 Å². The second-order valence-electron chi connectivity index (χ2n) is 1.79. The maximum Gasteiger partial charge on any atom is 0.204 e. The number of rotatable bonds is 0. The molecule has 0 unspecified atom stereocenters. The number of halogens is 1. The van der Waals surface area contributed by atoms with Crippen LogP contribution < -0.4 is 0 Å². The van der Waals surface area contributed by atoms with Crippen molar-refractivity contribution in [2.75, 3.05) is 0 Å². The number of ketones is 1. The van der Waals surface area contributed by atoms with Gasteiger partial charge in [-0.1, -0.05) is 12.2 Å². The van der Waals surface area contributed by atoms with Gasteiger partial charge in [0.15, 0.2) is 0 Å². The minimum absolute atomic E-state index is 0.146. The van der Waals surface area contributed by atoms with E-state index in [-0.39, 0.29) is 5.78 Å². The average molecular weight is 166 g/mol. The molecule has 0 N–H and O–H groups in total. The van der Waals surface area contributed by atoms with Crippen molar-refractivity contribution < 1.29 is 4.79 Å². The van der Waals surface area contributed by atoms with E-state index in [4.69, 9.17) is 11.6 Å². The van der Waals surface area contributed by atoms with Gasteiger partial charge in [-0.05, 0) is 23.8 Å². The Morgan fingerprint density at radius 1 is 1.36 bits per heavy atom. The Bertz CT molecular complexity index is 315. The number of nitrogens with zero attached hydrogens (tertiary/aromatic N) is 1. The summed E-state index contributed by atoms with van der Waals surface area (Å²) in [6.07, 6.45) is 6.38. The molecule has 11 heavy (non-hydrogen) atoms. The minimum atomic E-state index is -0.146. The van der Waals surface area contributed by atoms with E-state index >= 15 is 0 Å². The van der Waals surface area contributed by atoms with Crippen LogP contribution in [0, 0.1) is 11.4 Å². The Labute approximate surface area is 69.3 Å². The molecule has 0 aromatic carbocycles. The van der Waals surface area contributed by atoms with E-state index < -0.39 is 0 Å². The van der Waals surface area contributed by atoms with E-state index in [9.17, 15) is 4.79 Å². The molecule has 2 nitrogen and oxygen atoms in total. The first kappa shape index (κ1) is 7.77. The Morgan fingerprint density at radius 3 is 2.73 bits per heavy atom. The Morgan fingerprint density at radius 2 is 2.09 bits per heavy atom. The predicted octanol–water partition coefficient (Wildman–Crippen LogP) is 1.28. The van der Waals surface area contributed by atoms with Gasteiger partial charge in [0, 0.05) is 5.38 Å². The number of hydrogen-bond acceptors (Lipinski definition) is 2. The van der Waals surface area contributed by atoms with Crippen LogP contribution in [-0.2, 0) is 4.79 Å². The summed E-state index contributed by atoms with van der Waals surface area (Å²) in [5.74, 6) is -0.146. The van der Waals surface area contributed by atoms with Gasteiger partial charge in [0.1, 0.15) is 5.71 Å². The van der Waals surface area contributed by atoms with Gasteiger partial charge in [-0.15, -0.1) is 0 Å². The van der Waals surface area contributed by atoms with Crippen LogP contribution in [0.15, 0.2) is 29.3 Å². The molecule has 0 amide bonds. The van der Waals surface area contributed by atoms with Gasteiger partial charge in [0.25, 0.3) is 0 Å². The summed E-state index contributed by atoms with van der Waals surface area (Å²) >= 11 is 5.05. The van der Waals surface area contributed by atoms with E-state index in [1.165, 1.54) is 6.08 Å². The molecule has 54 valence electrons. The van der Waals surface area contributed by atoms with Crippen LogP contribution in [0.1, 0.15) is 0 Å². The first-order valence-electron chi connectivity index (χ1n) is 2.92. The smallest absolute Gasteiger partial charge is 0.204 e. The lowest BCUT2D eigenvalue weighted by atomic mass is 10.1. The van der Waals surface area contributed by atoms with E-state index in [0.29, 0.717) is 5.71 Å². The van der Waals surface area contributed by atoms with Gasteiger partial charge in [0.05, 0.1) is 6.04 Å². The van der Waals surface area contributed by atoms with Gasteiger partial charge in [-0.2, -0.15) is 4.99 Å². The zero-order valence-corrected chi connectivity index (χ0v) is 6.30. The molecule has 1 rings (SSSR count). The van der Waals surface area contributed by atoms with Crippen molar-refractivity contribution in [2.45, 2.75) is 0 Å². The molecule has 0 bridgehead atoms. The maximum atomic E-state index is 10.9. The van der Waals surface area contributed by atoms with Crippen LogP contribution in [0.4, 0.5) is 0 Å². The van der Waals surface area contributed by atoms with Crippen LogP contribution in [-0.4, -0.2) is 11.5 Å². The lowest BCUT2D eigenvalue weighted by molar-refractivity contribution is -0.108. The molecule has 0 aromatic heterocycles. The number of allylic oxidation sites excluding steroid dienone is 4. The zero-order valence-electron chi connectivity index (χ0n) is 5.54. The molecule has 3 heteroatoms. The summed E-state index contributed by atoms with van der Waals surface area (Å²) in [5.41, 5.74) is 0.320. The molecule has 0 spiro atoms. The van der Waals surface area contributed by atoms with Crippen molar-refractivity contribution in [2.24, 2.45) is 4.99 Å². The summed E-state index contributed by atoms with van der Waals surface area (Å²) in [7, 11) is 0. The van der Waals surface area contributed by atoms with Crippen LogP contribution >= 0.6 is 11.6 Å². The summed E-state index contributed by atoms with van der Waals surface area (Å²) in [6, 6.07) is 2.25. The third-order valence-electron chi connectivity index (χ3n) is 1.08. The van der Waals surface area contributed by atoms with Crippen molar-refractivity contribution >= 4 is 23.1 Å². The third kappa shape index (κ3) is 2.06. The van der Waals surface area contributed by atoms with Crippen molar-refractivity contribution in [1.29, 1.82) is 0 Å². The molecule has 0 atom stereocenters. The van der Waals surface area contributed by atoms with Gasteiger partial charge in [-0.3, -0.25) is 4.79 Å². The molecule has 0 aromatic rings. The Balaban J connectivity index is 2.87. The summed E-state index contributed by atoms with van der Waals surface area (Å²) in [4.78, 5) is 14.5. The third-order valence-corrected chi connectivity index (χ3v) is 1.17. The summed E-state index contributed by atoms with van der Waals surface area (Å²) < 4.78 is 0. The SMILES string of the molecule is O=C1C=CC=CC1=NC#CCl. The normalized spacial score (nSPS) is 18.3. The van der Waals surface area contributed by atoms with Gasteiger partial charge >= 0.3 is 0 Å². The molecule has 0 saturated carbocycles. The van der Waals surface area contributed by atoms with Crippen molar-refractivity contribution in [1.82, 2.24) is 0 Å². The second kappa shape index (κ2) is 3.75. The fraction of sp³-hybridized carbons (Fsp3) is 0. The van der Waals surface area contributed by atoms with Crippen molar-refractivity contribution in [3.8, 4) is 11.4 Å². The topological polar surface area (TPSA) is 29.4 Å². The van der Waals surface area contributed by atoms with Gasteiger partial charge in [0.2, 0.25) is 5.78 Å². The molecule has 0 heterocycles. The molecular weight excluding hydrogens is 162 g/mol. The van der Waals surface area contributed by atoms with Crippen molar-refractivity contribution in [3.63, 3.8) is 0 Å². The second-order valence-corrected chi connectivity index (χ2v) is 1.97. The maximum absolute atomic E-state index is 10.9. The van der Waals surface area contributed by atoms with Gasteiger partial charge in [-0.25, -0.2) is 0 Å². The highest BCUT2D eigenvalue weighted by Gasteiger charge is 2.05. The summed E-state index contributed by atoms with van der Waals surface area (Å²) in [5, 5.41) is 2.06.